The molecule has 0 aliphatic rings. The number of anilines is 1. The van der Waals surface area contributed by atoms with Crippen molar-refractivity contribution in [1.29, 1.82) is 0 Å². The molecule has 5 nitrogen and oxygen atoms in total. The minimum Gasteiger partial charge on any atom is -0.496 e. The SMILES string of the molecule is COc1cc(C=CC(=O)Nc2ccccc2C(=O)O)ccc1C. The van der Waals surface area contributed by atoms with Crippen LogP contribution in [0.5, 0.6) is 5.75 Å². The molecular weight excluding hydrogens is 294 g/mol. The maximum atomic E-state index is 12.0. The highest BCUT2D eigenvalue weighted by molar-refractivity contribution is 6.06. The summed E-state index contributed by atoms with van der Waals surface area (Å²) in [5.74, 6) is -0.754. The van der Waals surface area contributed by atoms with Crippen molar-refractivity contribution in [3.63, 3.8) is 0 Å². The lowest BCUT2D eigenvalue weighted by molar-refractivity contribution is -0.111. The lowest BCUT2D eigenvalue weighted by Crippen LogP contribution is -2.11. The molecule has 0 unspecified atom stereocenters. The lowest BCUT2D eigenvalue weighted by atomic mass is 10.1. The predicted molar refractivity (Wildman–Crippen MR) is 88.8 cm³/mol. The quantitative estimate of drug-likeness (QED) is 0.830. The summed E-state index contributed by atoms with van der Waals surface area (Å²) in [5.41, 5.74) is 2.13. The molecule has 2 aromatic carbocycles. The number of carbonyl (C=O) groups is 2. The van der Waals surface area contributed by atoms with E-state index in [-0.39, 0.29) is 11.3 Å². The summed E-state index contributed by atoms with van der Waals surface area (Å²) in [6.45, 7) is 1.93. The number of carboxylic acid groups (broad SMARTS) is 1. The number of methoxy groups -OCH3 is 1. The van der Waals surface area contributed by atoms with E-state index < -0.39 is 11.9 Å². The molecule has 5 heteroatoms. The van der Waals surface area contributed by atoms with E-state index >= 15 is 0 Å². The molecule has 2 N–H and O–H groups in total. The zero-order chi connectivity index (χ0) is 16.8. The number of ether oxygens (including phenoxy) is 1. The number of carbonyl (C=O) groups excluding carboxylic acids is 1. The number of aryl methyl sites for hydroxylation is 1. The van der Waals surface area contributed by atoms with Crippen LogP contribution in [-0.4, -0.2) is 24.1 Å². The molecular formula is C18H17NO4. The number of rotatable bonds is 5. The Morgan fingerprint density at radius 2 is 1.91 bits per heavy atom. The Hall–Kier alpha value is -3.08. The van der Waals surface area contributed by atoms with Crippen molar-refractivity contribution in [1.82, 2.24) is 0 Å². The summed E-state index contributed by atoms with van der Waals surface area (Å²) >= 11 is 0. The van der Waals surface area contributed by atoms with Crippen LogP contribution in [0.15, 0.2) is 48.5 Å². The second-order valence-corrected chi connectivity index (χ2v) is 4.90. The maximum absolute atomic E-state index is 12.0. The molecule has 0 atom stereocenters. The van der Waals surface area contributed by atoms with Crippen LogP contribution in [0.1, 0.15) is 21.5 Å². The van der Waals surface area contributed by atoms with Crippen molar-refractivity contribution in [3.05, 3.63) is 65.2 Å². The first-order chi connectivity index (χ1) is 11.0. The minimum atomic E-state index is -1.09. The Morgan fingerprint density at radius 1 is 1.17 bits per heavy atom. The van der Waals surface area contributed by atoms with Gasteiger partial charge in [-0.05, 0) is 42.3 Å². The third-order valence-corrected chi connectivity index (χ3v) is 3.27. The van der Waals surface area contributed by atoms with Crippen LogP contribution in [0.3, 0.4) is 0 Å². The van der Waals surface area contributed by atoms with E-state index in [1.165, 1.54) is 12.1 Å². The highest BCUT2D eigenvalue weighted by atomic mass is 16.5. The van der Waals surface area contributed by atoms with Crippen molar-refractivity contribution in [2.45, 2.75) is 6.92 Å². The first kappa shape index (κ1) is 16.3. The summed E-state index contributed by atoms with van der Waals surface area (Å²) in [6.07, 6.45) is 2.99. The maximum Gasteiger partial charge on any atom is 0.337 e. The van der Waals surface area contributed by atoms with Gasteiger partial charge in [-0.2, -0.15) is 0 Å². The van der Waals surface area contributed by atoms with Crippen molar-refractivity contribution < 1.29 is 19.4 Å². The van der Waals surface area contributed by atoms with Gasteiger partial charge in [0.2, 0.25) is 5.91 Å². The number of para-hydroxylation sites is 1. The zero-order valence-corrected chi connectivity index (χ0v) is 12.9. The summed E-state index contributed by atoms with van der Waals surface area (Å²) < 4.78 is 5.23. The number of carboxylic acids is 1. The minimum absolute atomic E-state index is 0.0475. The topological polar surface area (TPSA) is 75.6 Å². The second-order valence-electron chi connectivity index (χ2n) is 4.90. The molecule has 0 bridgehead atoms. The van der Waals surface area contributed by atoms with Gasteiger partial charge in [-0.1, -0.05) is 24.3 Å². The molecule has 0 saturated carbocycles. The molecule has 0 aromatic heterocycles. The van der Waals surface area contributed by atoms with Crippen LogP contribution in [0, 0.1) is 6.92 Å². The van der Waals surface area contributed by atoms with Crippen molar-refractivity contribution in [2.24, 2.45) is 0 Å². The van der Waals surface area contributed by atoms with E-state index in [2.05, 4.69) is 5.32 Å². The number of aromatic carboxylic acids is 1. The normalized spacial score (nSPS) is 10.5. The first-order valence-corrected chi connectivity index (χ1v) is 6.97. The highest BCUT2D eigenvalue weighted by Gasteiger charge is 2.10. The molecule has 0 aliphatic carbocycles. The fourth-order valence-corrected chi connectivity index (χ4v) is 2.07. The van der Waals surface area contributed by atoms with Crippen LogP contribution in [-0.2, 0) is 4.79 Å². The zero-order valence-electron chi connectivity index (χ0n) is 12.9. The number of hydrogen-bond donors (Lipinski definition) is 2. The van der Waals surface area contributed by atoms with E-state index in [4.69, 9.17) is 9.84 Å². The average molecular weight is 311 g/mol. The Balaban J connectivity index is 2.12. The standard InChI is InChI=1S/C18H17NO4/c1-12-7-8-13(11-16(12)23-2)9-10-17(20)19-15-6-4-3-5-14(15)18(21)22/h3-11H,1-2H3,(H,19,20)(H,21,22). The molecule has 0 heterocycles. The van der Waals surface area contributed by atoms with Gasteiger partial charge in [-0.15, -0.1) is 0 Å². The van der Waals surface area contributed by atoms with E-state index in [0.29, 0.717) is 0 Å². The summed E-state index contributed by atoms with van der Waals surface area (Å²) in [7, 11) is 1.59. The van der Waals surface area contributed by atoms with Gasteiger partial charge in [0.1, 0.15) is 5.75 Å². The molecule has 118 valence electrons. The fraction of sp³-hybridized carbons (Fsp3) is 0.111. The van der Waals surface area contributed by atoms with E-state index in [0.717, 1.165) is 16.9 Å². The Morgan fingerprint density at radius 3 is 2.61 bits per heavy atom. The highest BCUT2D eigenvalue weighted by Crippen LogP contribution is 2.20. The molecule has 2 rings (SSSR count). The third-order valence-electron chi connectivity index (χ3n) is 3.27. The van der Waals surface area contributed by atoms with Gasteiger partial charge in [0.25, 0.3) is 0 Å². The number of hydrogen-bond acceptors (Lipinski definition) is 3. The summed E-state index contributed by atoms with van der Waals surface area (Å²) in [4.78, 5) is 23.1. The first-order valence-electron chi connectivity index (χ1n) is 6.97. The Kier molecular flexibility index (Phi) is 5.15. The van der Waals surface area contributed by atoms with Gasteiger partial charge in [0.05, 0.1) is 18.4 Å². The van der Waals surface area contributed by atoms with Gasteiger partial charge in [-0.3, -0.25) is 4.79 Å². The van der Waals surface area contributed by atoms with Crippen LogP contribution >= 0.6 is 0 Å². The van der Waals surface area contributed by atoms with Gasteiger partial charge in [0.15, 0.2) is 0 Å². The van der Waals surface area contributed by atoms with Crippen LogP contribution < -0.4 is 10.1 Å². The third kappa shape index (κ3) is 4.20. The van der Waals surface area contributed by atoms with Crippen LogP contribution in [0.2, 0.25) is 0 Å². The van der Waals surface area contributed by atoms with Crippen molar-refractivity contribution in [3.8, 4) is 5.75 Å². The number of amides is 1. The van der Waals surface area contributed by atoms with Gasteiger partial charge >= 0.3 is 5.97 Å². The lowest BCUT2D eigenvalue weighted by Gasteiger charge is -2.06. The Bertz CT molecular complexity index is 765. The van der Waals surface area contributed by atoms with Crippen LogP contribution in [0.25, 0.3) is 6.08 Å². The predicted octanol–water partition coefficient (Wildman–Crippen LogP) is 3.35. The number of nitrogens with one attached hydrogen (secondary N) is 1. The largest absolute Gasteiger partial charge is 0.496 e. The van der Waals surface area contributed by atoms with Gasteiger partial charge < -0.3 is 15.2 Å². The van der Waals surface area contributed by atoms with Crippen molar-refractivity contribution >= 4 is 23.6 Å². The summed E-state index contributed by atoms with van der Waals surface area (Å²) in [5, 5.41) is 11.7. The molecule has 0 spiro atoms. The molecule has 2 aromatic rings. The number of benzene rings is 2. The van der Waals surface area contributed by atoms with Crippen LogP contribution in [0.4, 0.5) is 5.69 Å². The Labute approximate surface area is 134 Å². The molecule has 0 aliphatic heterocycles. The second kappa shape index (κ2) is 7.26. The monoisotopic (exact) mass is 311 g/mol. The van der Waals surface area contributed by atoms with Crippen molar-refractivity contribution in [2.75, 3.05) is 12.4 Å². The van der Waals surface area contributed by atoms with E-state index in [1.54, 1.807) is 31.4 Å². The smallest absolute Gasteiger partial charge is 0.337 e. The molecule has 23 heavy (non-hydrogen) atoms. The van der Waals surface area contributed by atoms with E-state index in [1.807, 2.05) is 25.1 Å². The molecule has 0 radical (unpaired) electrons. The van der Waals surface area contributed by atoms with E-state index in [9.17, 15) is 9.59 Å². The average Bonchev–Trinajstić information content (AvgIpc) is 2.54. The summed E-state index contributed by atoms with van der Waals surface area (Å²) in [6, 6.07) is 11.8. The molecule has 0 saturated heterocycles. The fourth-order valence-electron chi connectivity index (χ4n) is 2.07. The van der Waals surface area contributed by atoms with Gasteiger partial charge in [-0.25, -0.2) is 4.79 Å². The molecule has 1 amide bonds. The molecule has 0 fully saturated rings. The van der Waals surface area contributed by atoms with Gasteiger partial charge in [0, 0.05) is 6.08 Å².